The van der Waals surface area contributed by atoms with Crippen LogP contribution in [0.5, 0.6) is 0 Å². The largest absolute Gasteiger partial charge is 0.352 e. The minimum atomic E-state index is -4.27. The van der Waals surface area contributed by atoms with Crippen molar-refractivity contribution in [2.45, 2.75) is 57.4 Å². The highest BCUT2D eigenvalue weighted by Crippen LogP contribution is 2.29. The lowest BCUT2D eigenvalue weighted by atomic mass is 10.0. The first kappa shape index (κ1) is 36.6. The Bertz CT molecular complexity index is 2180. The van der Waals surface area contributed by atoms with E-state index in [4.69, 9.17) is 23.2 Å². The molecule has 1 aromatic heterocycles. The molecule has 5 rings (SSSR count). The van der Waals surface area contributed by atoms with Crippen LogP contribution in [0.15, 0.2) is 101 Å². The number of amides is 2. The molecule has 0 aliphatic carbocycles. The number of aryl methyl sites for hydroxylation is 1. The van der Waals surface area contributed by atoms with Gasteiger partial charge in [0.2, 0.25) is 0 Å². The minimum Gasteiger partial charge on any atom is -0.352 e. The van der Waals surface area contributed by atoms with E-state index in [0.29, 0.717) is 35.6 Å². The molecule has 50 heavy (non-hydrogen) atoms. The van der Waals surface area contributed by atoms with Gasteiger partial charge in [-0.05, 0) is 54.3 Å². The third-order valence-electron chi connectivity index (χ3n) is 8.09. The molecule has 4 aromatic carbocycles. The summed E-state index contributed by atoms with van der Waals surface area (Å²) in [7, 11) is -4.27. The zero-order valence-corrected chi connectivity index (χ0v) is 30.0. The van der Waals surface area contributed by atoms with E-state index in [-0.39, 0.29) is 38.5 Å². The monoisotopic (exact) mass is 733 g/mol. The molecule has 260 valence electrons. The number of carbonyl (C=O) groups is 2. The van der Waals surface area contributed by atoms with Crippen LogP contribution in [-0.4, -0.2) is 41.1 Å². The molecule has 0 unspecified atom stereocenters. The summed E-state index contributed by atoms with van der Waals surface area (Å²) in [6, 6.07) is 24.6. The van der Waals surface area contributed by atoms with Crippen molar-refractivity contribution in [3.8, 4) is 16.8 Å². The molecule has 0 saturated carbocycles. The number of nitrogens with one attached hydrogen (secondary N) is 2. The summed E-state index contributed by atoms with van der Waals surface area (Å²) in [5, 5.41) is 7.78. The van der Waals surface area contributed by atoms with Gasteiger partial charge in [0.1, 0.15) is 5.82 Å². The number of benzene rings is 4. The summed E-state index contributed by atoms with van der Waals surface area (Å²) in [5.41, 5.74) is 1.96. The highest BCUT2D eigenvalue weighted by atomic mass is 35.5. The van der Waals surface area contributed by atoms with Crippen LogP contribution in [0.3, 0.4) is 0 Å². The maximum Gasteiger partial charge on any atom is 0.351 e. The molecule has 0 bridgehead atoms. The van der Waals surface area contributed by atoms with Crippen molar-refractivity contribution in [2.24, 2.45) is 0 Å². The Morgan fingerprint density at radius 1 is 0.800 bits per heavy atom. The van der Waals surface area contributed by atoms with E-state index in [9.17, 15) is 22.8 Å². The molecule has 0 radical (unpaired) electrons. The molecule has 5 aromatic rings. The van der Waals surface area contributed by atoms with Crippen LogP contribution in [0.25, 0.3) is 16.8 Å². The number of rotatable bonds is 14. The topological polar surface area (TPSA) is 132 Å². The van der Waals surface area contributed by atoms with Gasteiger partial charge >= 0.3 is 5.69 Å². The molecule has 0 aliphatic heterocycles. The van der Waals surface area contributed by atoms with E-state index >= 15 is 0 Å². The Labute approximate surface area is 301 Å². The normalized spacial score (nSPS) is 11.4. The number of unbranched alkanes of at least 4 members (excludes halogenated alkanes) is 2. The van der Waals surface area contributed by atoms with E-state index in [1.54, 1.807) is 65.2 Å². The quantitative estimate of drug-likeness (QED) is 0.118. The number of halogens is 2. The predicted octanol–water partition coefficient (Wildman–Crippen LogP) is 7.05. The van der Waals surface area contributed by atoms with Gasteiger partial charge in [0, 0.05) is 18.5 Å². The molecular weight excluding hydrogens is 697 g/mol. The second-order valence-corrected chi connectivity index (χ2v) is 14.1. The molecule has 0 aliphatic rings. The van der Waals surface area contributed by atoms with Gasteiger partial charge in [-0.3, -0.25) is 14.2 Å². The second kappa shape index (κ2) is 16.3. The average molecular weight is 735 g/mol. The van der Waals surface area contributed by atoms with E-state index in [1.165, 1.54) is 22.9 Å². The van der Waals surface area contributed by atoms with Crippen LogP contribution >= 0.6 is 23.2 Å². The van der Waals surface area contributed by atoms with Crippen molar-refractivity contribution < 1.29 is 18.0 Å². The highest BCUT2D eigenvalue weighted by molar-refractivity contribution is 7.90. The number of carbonyl (C=O) groups excluding carboxylic acids is 2. The number of aromatic nitrogens is 3. The second-order valence-electron chi connectivity index (χ2n) is 11.7. The number of hydrogen-bond donors (Lipinski definition) is 2. The van der Waals surface area contributed by atoms with Crippen LogP contribution in [0, 0.1) is 0 Å². The lowest BCUT2D eigenvalue weighted by Gasteiger charge is -2.13. The zero-order chi connectivity index (χ0) is 35.8. The van der Waals surface area contributed by atoms with Gasteiger partial charge in [0.05, 0.1) is 38.3 Å². The molecule has 2 N–H and O–H groups in total. The van der Waals surface area contributed by atoms with Gasteiger partial charge in [-0.15, -0.1) is 5.10 Å². The zero-order valence-electron chi connectivity index (χ0n) is 27.7. The lowest BCUT2D eigenvalue weighted by Crippen LogP contribution is -2.31. The van der Waals surface area contributed by atoms with Gasteiger partial charge in [-0.25, -0.2) is 17.9 Å². The van der Waals surface area contributed by atoms with Gasteiger partial charge in [-0.2, -0.15) is 4.68 Å². The van der Waals surface area contributed by atoms with Crippen LogP contribution in [0.2, 0.25) is 10.0 Å². The SMILES string of the molecule is CCCCNC(=O)c1cccc(-n2nc(CCCC)n(Cc3ccc(-c4ccccc4S(=O)(=O)NC(=O)c4ccccc4Cl)cc3)c2=O)c1Cl. The van der Waals surface area contributed by atoms with Crippen molar-refractivity contribution in [2.75, 3.05) is 6.54 Å². The highest BCUT2D eigenvalue weighted by Gasteiger charge is 2.24. The van der Waals surface area contributed by atoms with Crippen molar-refractivity contribution in [1.82, 2.24) is 24.4 Å². The molecule has 0 saturated heterocycles. The first-order valence-corrected chi connectivity index (χ1v) is 18.6. The number of hydrogen-bond acceptors (Lipinski definition) is 6. The summed E-state index contributed by atoms with van der Waals surface area (Å²) >= 11 is 12.8. The summed E-state index contributed by atoms with van der Waals surface area (Å²) in [4.78, 5) is 39.4. The van der Waals surface area contributed by atoms with E-state index in [0.717, 1.165) is 31.2 Å². The third-order valence-corrected chi connectivity index (χ3v) is 10.2. The van der Waals surface area contributed by atoms with Crippen LogP contribution in [-0.2, 0) is 23.0 Å². The van der Waals surface area contributed by atoms with E-state index < -0.39 is 21.6 Å². The maximum atomic E-state index is 13.9. The predicted molar refractivity (Wildman–Crippen MR) is 196 cm³/mol. The van der Waals surface area contributed by atoms with Gasteiger partial charge < -0.3 is 5.32 Å². The van der Waals surface area contributed by atoms with Crippen LogP contribution in [0.1, 0.15) is 71.6 Å². The Morgan fingerprint density at radius 2 is 1.48 bits per heavy atom. The minimum absolute atomic E-state index is 0.0410. The number of sulfonamides is 1. The summed E-state index contributed by atoms with van der Waals surface area (Å²) in [6.45, 7) is 4.80. The fraction of sp³-hybridized carbons (Fsp3) is 0.243. The Kier molecular flexibility index (Phi) is 11.9. The van der Waals surface area contributed by atoms with Crippen molar-refractivity contribution in [3.05, 3.63) is 134 Å². The summed E-state index contributed by atoms with van der Waals surface area (Å²) in [5.74, 6) is -0.587. The lowest BCUT2D eigenvalue weighted by molar-refractivity contribution is 0.0951. The first-order chi connectivity index (χ1) is 24.1. The molecule has 0 atom stereocenters. The molecule has 10 nitrogen and oxygen atoms in total. The summed E-state index contributed by atoms with van der Waals surface area (Å²) < 4.78 is 31.7. The van der Waals surface area contributed by atoms with Crippen LogP contribution < -0.4 is 15.7 Å². The average Bonchev–Trinajstić information content (AvgIpc) is 3.41. The third kappa shape index (κ3) is 8.18. The van der Waals surface area contributed by atoms with Crippen molar-refractivity contribution >= 4 is 45.0 Å². The van der Waals surface area contributed by atoms with Crippen molar-refractivity contribution in [3.63, 3.8) is 0 Å². The standard InChI is InChI=1S/C37H37Cl2N5O5S/c1-3-5-18-33-41-44(31-16-11-14-29(34(31)39)35(45)40-23-6-4-2)37(47)43(33)24-25-19-21-26(22-20-25)27-12-8-10-17-32(27)50(48,49)42-36(46)28-13-7-9-15-30(28)38/h7-17,19-22H,3-6,18,23-24H2,1-2H3,(H,40,45)(H,42,46). The van der Waals surface area contributed by atoms with Gasteiger partial charge in [0.25, 0.3) is 21.8 Å². The smallest absolute Gasteiger partial charge is 0.351 e. The van der Waals surface area contributed by atoms with Crippen LogP contribution in [0.4, 0.5) is 0 Å². The van der Waals surface area contributed by atoms with Gasteiger partial charge in [0.15, 0.2) is 0 Å². The molecule has 0 spiro atoms. The first-order valence-electron chi connectivity index (χ1n) is 16.3. The fourth-order valence-corrected chi connectivity index (χ4v) is 7.10. The Hall–Kier alpha value is -4.71. The summed E-state index contributed by atoms with van der Waals surface area (Å²) in [6.07, 6.45) is 4.02. The molecule has 13 heteroatoms. The van der Waals surface area contributed by atoms with E-state index in [1.807, 2.05) is 19.1 Å². The Balaban J connectivity index is 1.43. The Morgan fingerprint density at radius 3 is 2.20 bits per heavy atom. The van der Waals surface area contributed by atoms with E-state index in [2.05, 4.69) is 22.1 Å². The molecule has 1 heterocycles. The molecule has 2 amide bonds. The maximum absolute atomic E-state index is 13.9. The fourth-order valence-electron chi connectivity index (χ4n) is 5.39. The molecule has 0 fully saturated rings. The van der Waals surface area contributed by atoms with Gasteiger partial charge in [-0.1, -0.05) is 111 Å². The number of nitrogens with zero attached hydrogens (tertiary/aromatic N) is 3. The molecular formula is C37H37Cl2N5O5S. The van der Waals surface area contributed by atoms with Crippen molar-refractivity contribution in [1.29, 1.82) is 0 Å².